The predicted molar refractivity (Wildman–Crippen MR) is 96.1 cm³/mol. The molecular formula is C19H24N2O3. The number of aliphatic hydroxyl groups is 1. The number of anilines is 1. The molecule has 2 amide bonds. The van der Waals surface area contributed by atoms with E-state index in [2.05, 4.69) is 5.32 Å². The Morgan fingerprint density at radius 1 is 1.17 bits per heavy atom. The summed E-state index contributed by atoms with van der Waals surface area (Å²) < 4.78 is 0. The summed E-state index contributed by atoms with van der Waals surface area (Å²) in [6.07, 6.45) is 0. The Labute approximate surface area is 142 Å². The molecule has 0 aliphatic heterocycles. The van der Waals surface area contributed by atoms with Crippen LogP contribution in [0.25, 0.3) is 10.8 Å². The van der Waals surface area contributed by atoms with Crippen LogP contribution in [-0.2, 0) is 4.79 Å². The highest BCUT2D eigenvalue weighted by Crippen LogP contribution is 2.26. The molecule has 5 nitrogen and oxygen atoms in total. The van der Waals surface area contributed by atoms with Crippen LogP contribution in [0.15, 0.2) is 36.4 Å². The maximum Gasteiger partial charge on any atom is 0.256 e. The third-order valence-corrected chi connectivity index (χ3v) is 3.94. The molecule has 0 aliphatic rings. The SMILES string of the molecule is CCN(CCO)C(=O)c1cc2ccccc2cc1NC(=O)C(C)C. The molecular weight excluding hydrogens is 304 g/mol. The molecule has 0 heterocycles. The molecule has 0 unspecified atom stereocenters. The molecule has 2 rings (SSSR count). The van der Waals surface area contributed by atoms with Gasteiger partial charge in [-0.15, -0.1) is 0 Å². The molecule has 2 aromatic carbocycles. The van der Waals surface area contributed by atoms with Gasteiger partial charge in [-0.25, -0.2) is 0 Å². The van der Waals surface area contributed by atoms with Crippen molar-refractivity contribution in [2.24, 2.45) is 5.92 Å². The summed E-state index contributed by atoms with van der Waals surface area (Å²) in [5, 5.41) is 13.9. The third-order valence-electron chi connectivity index (χ3n) is 3.94. The van der Waals surface area contributed by atoms with Crippen LogP contribution in [-0.4, -0.2) is 41.5 Å². The zero-order chi connectivity index (χ0) is 17.7. The first-order valence-corrected chi connectivity index (χ1v) is 8.21. The van der Waals surface area contributed by atoms with E-state index in [-0.39, 0.29) is 30.9 Å². The van der Waals surface area contributed by atoms with Crippen LogP contribution in [0.1, 0.15) is 31.1 Å². The predicted octanol–water partition coefficient (Wildman–Crippen LogP) is 2.89. The standard InChI is InChI=1S/C19H24N2O3/c1-4-21(9-10-22)19(24)16-11-14-7-5-6-8-15(14)12-17(16)20-18(23)13(2)3/h5-8,11-13,22H,4,9-10H2,1-3H3,(H,20,23). The zero-order valence-electron chi connectivity index (χ0n) is 14.4. The minimum absolute atomic E-state index is 0.0964. The monoisotopic (exact) mass is 328 g/mol. The number of carbonyl (C=O) groups excluding carboxylic acids is 2. The van der Waals surface area contributed by atoms with Gasteiger partial charge in [-0.3, -0.25) is 9.59 Å². The summed E-state index contributed by atoms with van der Waals surface area (Å²) in [6.45, 7) is 6.13. The number of nitrogens with zero attached hydrogens (tertiary/aromatic N) is 1. The van der Waals surface area contributed by atoms with Gasteiger partial charge in [0.1, 0.15) is 0 Å². The van der Waals surface area contributed by atoms with E-state index in [0.29, 0.717) is 17.8 Å². The Morgan fingerprint density at radius 3 is 2.33 bits per heavy atom. The van der Waals surface area contributed by atoms with Crippen molar-refractivity contribution in [3.05, 3.63) is 42.0 Å². The first-order chi connectivity index (χ1) is 11.5. The minimum Gasteiger partial charge on any atom is -0.395 e. The van der Waals surface area contributed by atoms with E-state index in [1.165, 1.54) is 0 Å². The fourth-order valence-electron chi connectivity index (χ4n) is 2.49. The van der Waals surface area contributed by atoms with Gasteiger partial charge in [-0.05, 0) is 29.8 Å². The van der Waals surface area contributed by atoms with Gasteiger partial charge in [-0.2, -0.15) is 0 Å². The van der Waals surface area contributed by atoms with Gasteiger partial charge in [0.15, 0.2) is 0 Å². The van der Waals surface area contributed by atoms with E-state index in [9.17, 15) is 9.59 Å². The normalized spacial score (nSPS) is 10.9. The number of nitrogens with one attached hydrogen (secondary N) is 1. The minimum atomic E-state index is -0.198. The lowest BCUT2D eigenvalue weighted by Crippen LogP contribution is -2.34. The summed E-state index contributed by atoms with van der Waals surface area (Å²) >= 11 is 0. The van der Waals surface area contributed by atoms with Crippen molar-refractivity contribution in [1.82, 2.24) is 4.90 Å². The molecule has 2 N–H and O–H groups in total. The van der Waals surface area contributed by atoms with Crippen molar-refractivity contribution in [2.75, 3.05) is 25.0 Å². The van der Waals surface area contributed by atoms with Crippen molar-refractivity contribution in [3.8, 4) is 0 Å². The molecule has 0 aromatic heterocycles. The van der Waals surface area contributed by atoms with Gasteiger partial charge in [0.05, 0.1) is 17.9 Å². The Bertz CT molecular complexity index is 740. The summed E-state index contributed by atoms with van der Waals surface area (Å²) in [7, 11) is 0. The fraction of sp³-hybridized carbons (Fsp3) is 0.368. The lowest BCUT2D eigenvalue weighted by molar-refractivity contribution is -0.118. The number of fused-ring (bicyclic) bond motifs is 1. The number of benzene rings is 2. The Kier molecular flexibility index (Phi) is 5.93. The van der Waals surface area contributed by atoms with E-state index in [0.717, 1.165) is 10.8 Å². The molecule has 0 saturated carbocycles. The first kappa shape index (κ1) is 17.9. The summed E-state index contributed by atoms with van der Waals surface area (Å²) in [4.78, 5) is 26.5. The van der Waals surface area contributed by atoms with Gasteiger partial charge in [0.25, 0.3) is 5.91 Å². The number of hydrogen-bond acceptors (Lipinski definition) is 3. The van der Waals surface area contributed by atoms with Gasteiger partial charge in [-0.1, -0.05) is 38.1 Å². The summed E-state index contributed by atoms with van der Waals surface area (Å²) in [6, 6.07) is 11.3. The van der Waals surface area contributed by atoms with Gasteiger partial charge in [0.2, 0.25) is 5.91 Å². The molecule has 0 bridgehead atoms. The number of amides is 2. The van der Waals surface area contributed by atoms with Crippen LogP contribution in [0.2, 0.25) is 0 Å². The Hall–Kier alpha value is -2.40. The largest absolute Gasteiger partial charge is 0.395 e. The van der Waals surface area contributed by atoms with Gasteiger partial charge in [0, 0.05) is 19.0 Å². The van der Waals surface area contributed by atoms with E-state index in [1.807, 2.05) is 51.1 Å². The molecule has 0 radical (unpaired) electrons. The number of hydrogen-bond donors (Lipinski definition) is 2. The van der Waals surface area contributed by atoms with Gasteiger partial charge < -0.3 is 15.3 Å². The van der Waals surface area contributed by atoms with Crippen molar-refractivity contribution in [3.63, 3.8) is 0 Å². The first-order valence-electron chi connectivity index (χ1n) is 8.21. The molecule has 128 valence electrons. The average molecular weight is 328 g/mol. The van der Waals surface area contributed by atoms with Crippen LogP contribution in [0, 0.1) is 5.92 Å². The summed E-state index contributed by atoms with van der Waals surface area (Å²) in [5.74, 6) is -0.514. The van der Waals surface area contributed by atoms with Gasteiger partial charge >= 0.3 is 0 Å². The maximum absolute atomic E-state index is 12.8. The molecule has 2 aromatic rings. The second kappa shape index (κ2) is 7.93. The molecule has 0 fully saturated rings. The molecule has 0 spiro atoms. The van der Waals surface area contributed by atoms with Crippen molar-refractivity contribution >= 4 is 28.3 Å². The topological polar surface area (TPSA) is 69.6 Å². The van der Waals surface area contributed by atoms with Crippen LogP contribution in [0.5, 0.6) is 0 Å². The second-order valence-electron chi connectivity index (χ2n) is 6.00. The van der Waals surface area contributed by atoms with E-state index in [1.54, 1.807) is 11.0 Å². The van der Waals surface area contributed by atoms with Crippen LogP contribution in [0.3, 0.4) is 0 Å². The number of aliphatic hydroxyl groups excluding tert-OH is 1. The molecule has 24 heavy (non-hydrogen) atoms. The van der Waals surface area contributed by atoms with Crippen LogP contribution >= 0.6 is 0 Å². The van der Waals surface area contributed by atoms with Crippen LogP contribution in [0.4, 0.5) is 5.69 Å². The van der Waals surface area contributed by atoms with E-state index in [4.69, 9.17) is 5.11 Å². The Morgan fingerprint density at radius 2 is 1.79 bits per heavy atom. The molecule has 0 saturated heterocycles. The second-order valence-corrected chi connectivity index (χ2v) is 6.00. The maximum atomic E-state index is 12.8. The van der Waals surface area contributed by atoms with E-state index < -0.39 is 0 Å². The third kappa shape index (κ3) is 3.92. The number of rotatable bonds is 6. The highest BCUT2D eigenvalue weighted by Gasteiger charge is 2.20. The average Bonchev–Trinajstić information content (AvgIpc) is 2.58. The number of carbonyl (C=O) groups is 2. The zero-order valence-corrected chi connectivity index (χ0v) is 14.4. The van der Waals surface area contributed by atoms with E-state index >= 15 is 0 Å². The van der Waals surface area contributed by atoms with Crippen molar-refractivity contribution < 1.29 is 14.7 Å². The molecule has 5 heteroatoms. The highest BCUT2D eigenvalue weighted by atomic mass is 16.3. The lowest BCUT2D eigenvalue weighted by atomic mass is 10.0. The smallest absolute Gasteiger partial charge is 0.256 e. The van der Waals surface area contributed by atoms with Crippen molar-refractivity contribution in [1.29, 1.82) is 0 Å². The molecule has 0 aliphatic carbocycles. The molecule has 0 atom stereocenters. The fourth-order valence-corrected chi connectivity index (χ4v) is 2.49. The Balaban J connectivity index is 2.51. The van der Waals surface area contributed by atoms with Crippen molar-refractivity contribution in [2.45, 2.75) is 20.8 Å². The highest BCUT2D eigenvalue weighted by molar-refractivity contribution is 6.08. The quantitative estimate of drug-likeness (QED) is 0.856. The number of likely N-dealkylation sites (N-methyl/N-ethyl adjacent to an activating group) is 1. The summed E-state index contributed by atoms with van der Waals surface area (Å²) in [5.41, 5.74) is 0.951. The lowest BCUT2D eigenvalue weighted by Gasteiger charge is -2.22. The van der Waals surface area contributed by atoms with Crippen LogP contribution < -0.4 is 5.32 Å².